The molecule has 0 aromatic carbocycles. The van der Waals surface area contributed by atoms with Crippen LogP contribution in [0.4, 0.5) is 0 Å². The minimum atomic E-state index is 0.813. The van der Waals surface area contributed by atoms with E-state index in [9.17, 15) is 0 Å². The number of aryl methyl sites for hydroxylation is 1. The number of thiophene rings is 1. The van der Waals surface area contributed by atoms with Gasteiger partial charge in [0.15, 0.2) is 5.82 Å². The molecule has 0 N–H and O–H groups in total. The molecule has 16 heavy (non-hydrogen) atoms. The molecule has 3 aromatic rings. The maximum atomic E-state index is 4.49. The summed E-state index contributed by atoms with van der Waals surface area (Å²) in [5.74, 6) is 1.64. The zero-order valence-electron chi connectivity index (χ0n) is 8.66. The van der Waals surface area contributed by atoms with Gasteiger partial charge in [0.1, 0.15) is 5.82 Å². The molecule has 0 aliphatic carbocycles. The highest BCUT2D eigenvalue weighted by atomic mass is 32.1. The molecule has 3 heterocycles. The van der Waals surface area contributed by atoms with Crippen LogP contribution in [0.1, 0.15) is 12.7 Å². The van der Waals surface area contributed by atoms with Gasteiger partial charge in [-0.3, -0.25) is 0 Å². The van der Waals surface area contributed by atoms with Crippen LogP contribution in [0.5, 0.6) is 0 Å². The van der Waals surface area contributed by atoms with Crippen LogP contribution in [0.25, 0.3) is 16.0 Å². The Bertz CT molecular complexity index is 613. The lowest BCUT2D eigenvalue weighted by atomic mass is 10.4. The quantitative estimate of drug-likeness (QED) is 0.675. The molecule has 0 radical (unpaired) electrons. The Labute approximate surface area is 95.8 Å². The maximum Gasteiger partial charge on any atom is 0.176 e. The van der Waals surface area contributed by atoms with E-state index >= 15 is 0 Å². The molecule has 0 aliphatic heterocycles. The van der Waals surface area contributed by atoms with Crippen molar-refractivity contribution in [2.24, 2.45) is 0 Å². The van der Waals surface area contributed by atoms with E-state index < -0.39 is 0 Å². The molecular formula is C10H9N5S. The fraction of sp³-hybridized carbons (Fsp3) is 0.200. The van der Waals surface area contributed by atoms with E-state index in [1.807, 2.05) is 18.4 Å². The van der Waals surface area contributed by atoms with Gasteiger partial charge in [-0.2, -0.15) is 0 Å². The third-order valence-electron chi connectivity index (χ3n) is 2.29. The molecule has 0 fully saturated rings. The summed E-state index contributed by atoms with van der Waals surface area (Å²) in [6, 6.07) is 2.00. The zero-order chi connectivity index (χ0) is 11.0. The molecule has 3 aromatic heterocycles. The molecular weight excluding hydrogens is 222 g/mol. The van der Waals surface area contributed by atoms with Crippen molar-refractivity contribution < 1.29 is 0 Å². The average molecular weight is 231 g/mol. The minimum absolute atomic E-state index is 0.813. The second-order valence-electron chi connectivity index (χ2n) is 3.30. The van der Waals surface area contributed by atoms with Gasteiger partial charge in [-0.25, -0.2) is 14.6 Å². The Morgan fingerprint density at radius 1 is 1.38 bits per heavy atom. The molecule has 0 unspecified atom stereocenters. The molecule has 0 spiro atoms. The normalized spacial score (nSPS) is 11.1. The second-order valence-corrected chi connectivity index (χ2v) is 4.22. The first-order chi connectivity index (χ1) is 7.88. The van der Waals surface area contributed by atoms with Gasteiger partial charge in [-0.15, -0.1) is 16.4 Å². The first-order valence-corrected chi connectivity index (χ1v) is 5.87. The van der Waals surface area contributed by atoms with Crippen LogP contribution in [0.15, 0.2) is 23.8 Å². The summed E-state index contributed by atoms with van der Waals surface area (Å²) in [5, 5.41) is 9.79. The smallest absolute Gasteiger partial charge is 0.176 e. The molecule has 3 rings (SSSR count). The number of fused-ring (bicyclic) bond motifs is 1. The second kappa shape index (κ2) is 3.64. The predicted molar refractivity (Wildman–Crippen MR) is 61.7 cm³/mol. The maximum absolute atomic E-state index is 4.49. The highest BCUT2D eigenvalue weighted by Crippen LogP contribution is 2.24. The Balaban J connectivity index is 2.33. The lowest BCUT2D eigenvalue weighted by molar-refractivity contribution is 0.775. The number of hydrogen-bond acceptors (Lipinski definition) is 5. The summed E-state index contributed by atoms with van der Waals surface area (Å²) in [6.45, 7) is 2.04. The molecule has 0 atom stereocenters. The fourth-order valence-electron chi connectivity index (χ4n) is 1.53. The SMILES string of the molecule is CCc1nc(-n2ccnn2)c2sccc2n1. The van der Waals surface area contributed by atoms with E-state index in [4.69, 9.17) is 0 Å². The third-order valence-corrected chi connectivity index (χ3v) is 3.19. The van der Waals surface area contributed by atoms with Gasteiger partial charge in [-0.05, 0) is 11.4 Å². The summed E-state index contributed by atoms with van der Waals surface area (Å²) in [5.41, 5.74) is 0.974. The van der Waals surface area contributed by atoms with Crippen molar-refractivity contribution in [1.82, 2.24) is 25.0 Å². The molecule has 0 amide bonds. The topological polar surface area (TPSA) is 56.5 Å². The van der Waals surface area contributed by atoms with Crippen molar-refractivity contribution in [1.29, 1.82) is 0 Å². The molecule has 80 valence electrons. The van der Waals surface area contributed by atoms with E-state index in [-0.39, 0.29) is 0 Å². The van der Waals surface area contributed by atoms with Gasteiger partial charge in [0.05, 0.1) is 22.6 Å². The van der Waals surface area contributed by atoms with Gasteiger partial charge < -0.3 is 0 Å². The third kappa shape index (κ3) is 1.38. The number of rotatable bonds is 2. The standard InChI is InChI=1S/C10H9N5S/c1-2-8-12-7-3-6-16-9(7)10(13-8)15-5-4-11-14-15/h3-6H,2H2,1H3. The highest BCUT2D eigenvalue weighted by molar-refractivity contribution is 7.17. The van der Waals surface area contributed by atoms with E-state index in [2.05, 4.69) is 20.3 Å². The molecule has 0 aliphatic rings. The van der Waals surface area contributed by atoms with Crippen LogP contribution in [-0.4, -0.2) is 25.0 Å². The monoisotopic (exact) mass is 231 g/mol. The predicted octanol–water partition coefficient (Wildman–Crippen LogP) is 1.83. The first-order valence-electron chi connectivity index (χ1n) is 4.99. The summed E-state index contributed by atoms with van der Waals surface area (Å²) in [6.07, 6.45) is 4.25. The van der Waals surface area contributed by atoms with E-state index in [0.717, 1.165) is 28.3 Å². The van der Waals surface area contributed by atoms with E-state index in [0.29, 0.717) is 0 Å². The van der Waals surface area contributed by atoms with Crippen LogP contribution < -0.4 is 0 Å². The Morgan fingerprint density at radius 3 is 3.06 bits per heavy atom. The number of hydrogen-bond donors (Lipinski definition) is 0. The van der Waals surface area contributed by atoms with Crippen LogP contribution in [-0.2, 0) is 6.42 Å². The van der Waals surface area contributed by atoms with Gasteiger partial charge in [0, 0.05) is 6.42 Å². The Hall–Kier alpha value is -1.82. The lowest BCUT2D eigenvalue weighted by Gasteiger charge is -2.03. The van der Waals surface area contributed by atoms with Gasteiger partial charge in [0.2, 0.25) is 0 Å². The Morgan fingerprint density at radius 2 is 2.31 bits per heavy atom. The zero-order valence-corrected chi connectivity index (χ0v) is 9.48. The lowest BCUT2D eigenvalue weighted by Crippen LogP contribution is -2.03. The highest BCUT2D eigenvalue weighted by Gasteiger charge is 2.10. The number of aromatic nitrogens is 5. The van der Waals surface area contributed by atoms with Crippen molar-refractivity contribution in [3.8, 4) is 5.82 Å². The summed E-state index contributed by atoms with van der Waals surface area (Å²) >= 11 is 1.62. The van der Waals surface area contributed by atoms with Gasteiger partial charge >= 0.3 is 0 Å². The average Bonchev–Trinajstić information content (AvgIpc) is 2.98. The minimum Gasteiger partial charge on any atom is -0.232 e. The molecule has 0 saturated carbocycles. The largest absolute Gasteiger partial charge is 0.232 e. The van der Waals surface area contributed by atoms with Crippen LogP contribution in [0.3, 0.4) is 0 Å². The molecule has 6 heteroatoms. The van der Waals surface area contributed by atoms with Crippen molar-refractivity contribution >= 4 is 21.6 Å². The number of nitrogens with zero attached hydrogens (tertiary/aromatic N) is 5. The van der Waals surface area contributed by atoms with E-state index in [1.165, 1.54) is 0 Å². The fourth-order valence-corrected chi connectivity index (χ4v) is 2.34. The first kappa shape index (κ1) is 9.41. The van der Waals surface area contributed by atoms with Crippen molar-refractivity contribution in [2.45, 2.75) is 13.3 Å². The summed E-state index contributed by atoms with van der Waals surface area (Å²) < 4.78 is 2.72. The van der Waals surface area contributed by atoms with Crippen molar-refractivity contribution in [3.05, 3.63) is 29.7 Å². The van der Waals surface area contributed by atoms with Crippen LogP contribution >= 0.6 is 11.3 Å². The summed E-state index contributed by atoms with van der Waals surface area (Å²) in [7, 11) is 0. The van der Waals surface area contributed by atoms with Crippen LogP contribution in [0.2, 0.25) is 0 Å². The van der Waals surface area contributed by atoms with E-state index in [1.54, 1.807) is 28.4 Å². The van der Waals surface area contributed by atoms with Gasteiger partial charge in [0.25, 0.3) is 0 Å². The van der Waals surface area contributed by atoms with Crippen LogP contribution in [0, 0.1) is 0 Å². The molecule has 0 saturated heterocycles. The van der Waals surface area contributed by atoms with Crippen molar-refractivity contribution in [2.75, 3.05) is 0 Å². The Kier molecular flexibility index (Phi) is 2.14. The summed E-state index contributed by atoms with van der Waals surface area (Å²) in [4.78, 5) is 8.96. The molecule has 5 nitrogen and oxygen atoms in total. The molecule has 0 bridgehead atoms. The van der Waals surface area contributed by atoms with Gasteiger partial charge in [-0.1, -0.05) is 12.1 Å². The van der Waals surface area contributed by atoms with Crippen molar-refractivity contribution in [3.63, 3.8) is 0 Å².